The van der Waals surface area contributed by atoms with Crippen molar-refractivity contribution in [3.63, 3.8) is 0 Å². The number of ether oxygens (including phenoxy) is 2. The summed E-state index contributed by atoms with van der Waals surface area (Å²) in [5, 5.41) is 0.633. The van der Waals surface area contributed by atoms with Gasteiger partial charge in [0.15, 0.2) is 0 Å². The van der Waals surface area contributed by atoms with E-state index in [1.807, 2.05) is 18.2 Å². The average molecular weight is 369 g/mol. The number of halogens is 2. The van der Waals surface area contributed by atoms with Crippen molar-refractivity contribution in [3.05, 3.63) is 56.5 Å². The van der Waals surface area contributed by atoms with E-state index in [-0.39, 0.29) is 6.04 Å². The zero-order chi connectivity index (χ0) is 15.0. The molecule has 0 saturated carbocycles. The predicted molar refractivity (Wildman–Crippen MR) is 87.4 cm³/mol. The van der Waals surface area contributed by atoms with E-state index in [2.05, 4.69) is 22.0 Å². The molecule has 0 fully saturated rings. The maximum absolute atomic E-state index is 6.46. The summed E-state index contributed by atoms with van der Waals surface area (Å²) in [6.07, 6.45) is 0.904. The molecule has 1 aliphatic heterocycles. The van der Waals surface area contributed by atoms with Crippen LogP contribution in [0.15, 0.2) is 34.8 Å². The molecule has 0 saturated heterocycles. The Balaban J connectivity index is 2.11. The van der Waals surface area contributed by atoms with Gasteiger partial charge in [-0.2, -0.15) is 0 Å². The second-order valence-corrected chi connectivity index (χ2v) is 6.30. The van der Waals surface area contributed by atoms with Crippen LogP contribution in [-0.2, 0) is 6.42 Å². The molecule has 1 heterocycles. The van der Waals surface area contributed by atoms with Crippen molar-refractivity contribution in [1.82, 2.24) is 0 Å². The molecule has 3 rings (SSSR count). The minimum absolute atomic E-state index is 0.358. The highest BCUT2D eigenvalue weighted by atomic mass is 79.9. The molecular weight excluding hydrogens is 354 g/mol. The largest absolute Gasteiger partial charge is 0.496 e. The Hall–Kier alpha value is -1.23. The van der Waals surface area contributed by atoms with Gasteiger partial charge in [-0.3, -0.25) is 0 Å². The number of methoxy groups -OCH3 is 1. The van der Waals surface area contributed by atoms with Crippen molar-refractivity contribution in [2.24, 2.45) is 5.73 Å². The zero-order valence-electron chi connectivity index (χ0n) is 11.5. The van der Waals surface area contributed by atoms with Crippen molar-refractivity contribution in [3.8, 4) is 11.5 Å². The normalized spacial score (nSPS) is 14.5. The molecule has 2 aromatic rings. The van der Waals surface area contributed by atoms with E-state index in [0.29, 0.717) is 11.6 Å². The van der Waals surface area contributed by atoms with Gasteiger partial charge in [-0.05, 0) is 35.9 Å². The highest BCUT2D eigenvalue weighted by Gasteiger charge is 2.24. The smallest absolute Gasteiger partial charge is 0.127 e. The van der Waals surface area contributed by atoms with Gasteiger partial charge in [-0.15, -0.1) is 0 Å². The maximum Gasteiger partial charge on any atom is 0.127 e. The van der Waals surface area contributed by atoms with E-state index in [0.717, 1.165) is 33.5 Å². The van der Waals surface area contributed by atoms with Gasteiger partial charge in [0, 0.05) is 27.0 Å². The second-order valence-electron chi connectivity index (χ2n) is 4.95. The summed E-state index contributed by atoms with van der Waals surface area (Å²) in [6, 6.07) is 9.17. The third-order valence-corrected chi connectivity index (χ3v) is 4.33. The van der Waals surface area contributed by atoms with Crippen LogP contribution in [0.4, 0.5) is 0 Å². The predicted octanol–water partition coefficient (Wildman–Crippen LogP) is 4.09. The van der Waals surface area contributed by atoms with E-state index in [9.17, 15) is 0 Å². The number of hydrogen-bond acceptors (Lipinski definition) is 3. The van der Waals surface area contributed by atoms with Crippen LogP contribution >= 0.6 is 27.5 Å². The third kappa shape index (κ3) is 2.76. The van der Waals surface area contributed by atoms with E-state index >= 15 is 0 Å². The quantitative estimate of drug-likeness (QED) is 0.887. The first-order valence-electron chi connectivity index (χ1n) is 6.64. The molecule has 2 N–H and O–H groups in total. The Morgan fingerprint density at radius 2 is 2.10 bits per heavy atom. The van der Waals surface area contributed by atoms with Crippen molar-refractivity contribution < 1.29 is 9.47 Å². The van der Waals surface area contributed by atoms with Gasteiger partial charge in [0.1, 0.15) is 11.5 Å². The monoisotopic (exact) mass is 367 g/mol. The van der Waals surface area contributed by atoms with Crippen molar-refractivity contribution >= 4 is 27.5 Å². The van der Waals surface area contributed by atoms with Crippen LogP contribution in [0, 0.1) is 0 Å². The number of fused-ring (bicyclic) bond motifs is 1. The zero-order valence-corrected chi connectivity index (χ0v) is 13.9. The van der Waals surface area contributed by atoms with Crippen LogP contribution in [0.1, 0.15) is 22.7 Å². The van der Waals surface area contributed by atoms with E-state index in [4.69, 9.17) is 26.8 Å². The van der Waals surface area contributed by atoms with Gasteiger partial charge < -0.3 is 15.2 Å². The summed E-state index contributed by atoms with van der Waals surface area (Å²) in [7, 11) is 1.63. The maximum atomic E-state index is 6.46. The number of rotatable bonds is 3. The van der Waals surface area contributed by atoms with Gasteiger partial charge >= 0.3 is 0 Å². The highest BCUT2D eigenvalue weighted by molar-refractivity contribution is 9.10. The molecule has 1 aliphatic rings. The lowest BCUT2D eigenvalue weighted by molar-refractivity contribution is 0.352. The average Bonchev–Trinajstić information content (AvgIpc) is 2.93. The molecule has 0 radical (unpaired) electrons. The van der Waals surface area contributed by atoms with Crippen LogP contribution in [0.2, 0.25) is 5.02 Å². The summed E-state index contributed by atoms with van der Waals surface area (Å²) in [5.74, 6) is 1.60. The van der Waals surface area contributed by atoms with Crippen molar-refractivity contribution in [2.45, 2.75) is 12.5 Å². The lowest BCUT2D eigenvalue weighted by Crippen LogP contribution is -2.14. The lowest BCUT2D eigenvalue weighted by Gasteiger charge is -2.19. The molecule has 0 amide bonds. The first-order chi connectivity index (χ1) is 10.1. The van der Waals surface area contributed by atoms with Crippen molar-refractivity contribution in [1.29, 1.82) is 0 Å². The lowest BCUT2D eigenvalue weighted by atomic mass is 9.96. The van der Waals surface area contributed by atoms with Gasteiger partial charge in [0.2, 0.25) is 0 Å². The molecular formula is C16H15BrClNO2. The summed E-state index contributed by atoms with van der Waals surface area (Å²) in [6.45, 7) is 0.693. The second kappa shape index (κ2) is 5.87. The minimum atomic E-state index is -0.358. The molecule has 5 heteroatoms. The topological polar surface area (TPSA) is 44.5 Å². The Morgan fingerprint density at radius 1 is 1.29 bits per heavy atom. The molecule has 0 spiro atoms. The molecule has 21 heavy (non-hydrogen) atoms. The van der Waals surface area contributed by atoms with Crippen molar-refractivity contribution in [2.75, 3.05) is 13.7 Å². The molecule has 1 atom stereocenters. The molecule has 1 unspecified atom stereocenters. The van der Waals surface area contributed by atoms with Crippen LogP contribution in [0.3, 0.4) is 0 Å². The van der Waals surface area contributed by atoms with Crippen LogP contribution in [0.5, 0.6) is 11.5 Å². The summed E-state index contributed by atoms with van der Waals surface area (Å²) >= 11 is 9.64. The van der Waals surface area contributed by atoms with Gasteiger partial charge in [0.05, 0.1) is 19.8 Å². The molecule has 2 aromatic carbocycles. The first kappa shape index (κ1) is 14.7. The first-order valence-corrected chi connectivity index (χ1v) is 7.81. The molecule has 0 aliphatic carbocycles. The van der Waals surface area contributed by atoms with Gasteiger partial charge in [-0.1, -0.05) is 27.5 Å². The fourth-order valence-corrected chi connectivity index (χ4v) is 3.35. The Labute approximate surface area is 137 Å². The molecule has 0 bridgehead atoms. The SMILES string of the molecule is COc1ccc(Cl)cc1C(N)c1cc(Br)cc2c1OCC2. The third-order valence-electron chi connectivity index (χ3n) is 3.64. The minimum Gasteiger partial charge on any atom is -0.496 e. The summed E-state index contributed by atoms with van der Waals surface area (Å²) in [5.41, 5.74) is 9.43. The van der Waals surface area contributed by atoms with Gasteiger partial charge in [0.25, 0.3) is 0 Å². The van der Waals surface area contributed by atoms with Gasteiger partial charge in [-0.25, -0.2) is 0 Å². The van der Waals surface area contributed by atoms with E-state index < -0.39 is 0 Å². The molecule has 3 nitrogen and oxygen atoms in total. The number of nitrogens with two attached hydrogens (primary N) is 1. The number of hydrogen-bond donors (Lipinski definition) is 1. The molecule has 110 valence electrons. The van der Waals surface area contributed by atoms with E-state index in [1.165, 1.54) is 5.56 Å². The molecule has 0 aromatic heterocycles. The fraction of sp³-hybridized carbons (Fsp3) is 0.250. The van der Waals surface area contributed by atoms with Crippen LogP contribution < -0.4 is 15.2 Å². The standard InChI is InChI=1S/C16H15BrClNO2/c1-20-14-3-2-11(18)8-12(14)15(19)13-7-10(17)6-9-4-5-21-16(9)13/h2-3,6-8,15H,4-5,19H2,1H3. The Morgan fingerprint density at radius 3 is 2.86 bits per heavy atom. The van der Waals surface area contributed by atoms with Crippen LogP contribution in [0.25, 0.3) is 0 Å². The summed E-state index contributed by atoms with van der Waals surface area (Å²) < 4.78 is 12.2. The Bertz CT molecular complexity index is 690. The Kier molecular flexibility index (Phi) is 4.11. The fourth-order valence-electron chi connectivity index (χ4n) is 2.64. The highest BCUT2D eigenvalue weighted by Crippen LogP contribution is 2.40. The summed E-state index contributed by atoms with van der Waals surface area (Å²) in [4.78, 5) is 0. The van der Waals surface area contributed by atoms with Crippen LogP contribution in [-0.4, -0.2) is 13.7 Å². The number of benzene rings is 2. The van der Waals surface area contributed by atoms with E-state index in [1.54, 1.807) is 13.2 Å².